The molecular formula is C9H8ClNO4. The van der Waals surface area contributed by atoms with E-state index in [-0.39, 0.29) is 22.0 Å². The number of hydrogen-bond acceptors (Lipinski definition) is 4. The first-order valence-corrected chi connectivity index (χ1v) is 4.60. The van der Waals surface area contributed by atoms with Crippen LogP contribution in [0.2, 0.25) is 5.02 Å². The standard InChI is InChI=1S/C9H8ClNO4/c10-7-4(11)3-5-8(6(7)9(12)13)15-2-1-14-5/h3H,1-2,11H2,(H,12,13). The van der Waals surface area contributed by atoms with Crippen LogP contribution in [-0.2, 0) is 0 Å². The topological polar surface area (TPSA) is 81.8 Å². The molecule has 80 valence electrons. The molecule has 0 saturated heterocycles. The summed E-state index contributed by atoms with van der Waals surface area (Å²) in [5, 5.41) is 8.95. The Morgan fingerprint density at radius 3 is 2.80 bits per heavy atom. The quantitative estimate of drug-likeness (QED) is 0.712. The highest BCUT2D eigenvalue weighted by Crippen LogP contribution is 2.41. The minimum atomic E-state index is -1.19. The van der Waals surface area contributed by atoms with Gasteiger partial charge in [0.2, 0.25) is 0 Å². The van der Waals surface area contributed by atoms with Gasteiger partial charge in [0.15, 0.2) is 11.5 Å². The number of benzene rings is 1. The maximum Gasteiger partial charge on any atom is 0.341 e. The van der Waals surface area contributed by atoms with Crippen molar-refractivity contribution in [3.05, 3.63) is 16.7 Å². The van der Waals surface area contributed by atoms with Gasteiger partial charge in [0.05, 0.1) is 10.7 Å². The van der Waals surface area contributed by atoms with Gasteiger partial charge in [-0.2, -0.15) is 0 Å². The van der Waals surface area contributed by atoms with Gasteiger partial charge in [-0.3, -0.25) is 0 Å². The van der Waals surface area contributed by atoms with Crippen LogP contribution in [0.5, 0.6) is 11.5 Å². The van der Waals surface area contributed by atoms with Crippen LogP contribution in [0.1, 0.15) is 10.4 Å². The summed E-state index contributed by atoms with van der Waals surface area (Å²) in [6.45, 7) is 0.667. The first kappa shape index (κ1) is 9.92. The molecule has 6 heteroatoms. The predicted octanol–water partition coefficient (Wildman–Crippen LogP) is 1.39. The molecule has 2 rings (SSSR count). The van der Waals surface area contributed by atoms with Gasteiger partial charge in [0, 0.05) is 6.07 Å². The van der Waals surface area contributed by atoms with Gasteiger partial charge in [0.1, 0.15) is 18.8 Å². The summed E-state index contributed by atoms with van der Waals surface area (Å²) < 4.78 is 10.4. The molecule has 1 aliphatic rings. The van der Waals surface area contributed by atoms with Gasteiger partial charge in [0.25, 0.3) is 0 Å². The highest BCUT2D eigenvalue weighted by Gasteiger charge is 2.25. The van der Waals surface area contributed by atoms with Gasteiger partial charge >= 0.3 is 5.97 Å². The molecule has 15 heavy (non-hydrogen) atoms. The molecule has 0 aromatic heterocycles. The molecule has 1 aromatic rings. The fourth-order valence-corrected chi connectivity index (χ4v) is 1.60. The van der Waals surface area contributed by atoms with Crippen molar-refractivity contribution >= 4 is 23.3 Å². The molecule has 0 unspecified atom stereocenters. The normalized spacial score (nSPS) is 13.7. The maximum atomic E-state index is 11.0. The molecule has 1 heterocycles. The third-order valence-electron chi connectivity index (χ3n) is 2.01. The minimum Gasteiger partial charge on any atom is -0.486 e. The van der Waals surface area contributed by atoms with E-state index in [1.165, 1.54) is 6.07 Å². The lowest BCUT2D eigenvalue weighted by molar-refractivity contribution is 0.0686. The van der Waals surface area contributed by atoms with Crippen LogP contribution in [0.15, 0.2) is 6.07 Å². The molecule has 0 radical (unpaired) electrons. The summed E-state index contributed by atoms with van der Waals surface area (Å²) >= 11 is 5.78. The number of hydrogen-bond donors (Lipinski definition) is 2. The molecule has 0 bridgehead atoms. The molecular weight excluding hydrogens is 222 g/mol. The summed E-state index contributed by atoms with van der Waals surface area (Å²) in [4.78, 5) is 11.0. The molecule has 0 atom stereocenters. The van der Waals surface area contributed by atoms with Crippen LogP contribution in [-0.4, -0.2) is 24.3 Å². The zero-order valence-electron chi connectivity index (χ0n) is 7.62. The van der Waals surface area contributed by atoms with E-state index in [0.717, 1.165) is 0 Å². The average Bonchev–Trinajstić information content (AvgIpc) is 2.19. The molecule has 1 aliphatic heterocycles. The zero-order chi connectivity index (χ0) is 11.0. The van der Waals surface area contributed by atoms with Crippen LogP contribution >= 0.6 is 11.6 Å². The molecule has 3 N–H and O–H groups in total. The second-order valence-corrected chi connectivity index (χ2v) is 3.36. The Hall–Kier alpha value is -1.62. The predicted molar refractivity (Wildman–Crippen MR) is 53.8 cm³/mol. The Balaban J connectivity index is 2.68. The van der Waals surface area contributed by atoms with Gasteiger partial charge in [-0.1, -0.05) is 11.6 Å². The largest absolute Gasteiger partial charge is 0.486 e. The highest BCUT2D eigenvalue weighted by atomic mass is 35.5. The van der Waals surface area contributed by atoms with Crippen molar-refractivity contribution < 1.29 is 19.4 Å². The number of ether oxygens (including phenoxy) is 2. The van der Waals surface area contributed by atoms with E-state index in [2.05, 4.69) is 0 Å². The summed E-state index contributed by atoms with van der Waals surface area (Å²) in [7, 11) is 0. The Morgan fingerprint density at radius 1 is 1.47 bits per heavy atom. The van der Waals surface area contributed by atoms with Gasteiger partial charge < -0.3 is 20.3 Å². The molecule has 0 spiro atoms. The highest BCUT2D eigenvalue weighted by molar-refractivity contribution is 6.36. The first-order valence-electron chi connectivity index (χ1n) is 4.22. The third kappa shape index (κ3) is 1.55. The number of aromatic carboxylic acids is 1. The number of carboxylic acids is 1. The van der Waals surface area contributed by atoms with E-state index < -0.39 is 5.97 Å². The average molecular weight is 230 g/mol. The van der Waals surface area contributed by atoms with Gasteiger partial charge in [-0.25, -0.2) is 4.79 Å². The van der Waals surface area contributed by atoms with Crippen LogP contribution < -0.4 is 15.2 Å². The van der Waals surface area contributed by atoms with Crippen molar-refractivity contribution in [2.75, 3.05) is 18.9 Å². The number of rotatable bonds is 1. The number of anilines is 1. The van der Waals surface area contributed by atoms with E-state index in [1.807, 2.05) is 0 Å². The Kier molecular flexibility index (Phi) is 2.32. The first-order chi connectivity index (χ1) is 7.11. The Labute approximate surface area is 90.3 Å². The number of nitrogen functional groups attached to an aromatic ring is 1. The molecule has 0 amide bonds. The minimum absolute atomic E-state index is 0.0215. The van der Waals surface area contributed by atoms with Crippen molar-refractivity contribution in [3.63, 3.8) is 0 Å². The lowest BCUT2D eigenvalue weighted by atomic mass is 10.1. The molecule has 1 aromatic carbocycles. The second kappa shape index (κ2) is 3.51. The number of carbonyl (C=O) groups is 1. The van der Waals surface area contributed by atoms with Gasteiger partial charge in [-0.05, 0) is 0 Å². The molecule has 0 fully saturated rings. The fourth-order valence-electron chi connectivity index (χ4n) is 1.37. The fraction of sp³-hybridized carbons (Fsp3) is 0.222. The van der Waals surface area contributed by atoms with E-state index >= 15 is 0 Å². The van der Waals surface area contributed by atoms with Crippen LogP contribution in [0.25, 0.3) is 0 Å². The Morgan fingerprint density at radius 2 is 2.13 bits per heavy atom. The van der Waals surface area contributed by atoms with E-state index in [9.17, 15) is 4.79 Å². The van der Waals surface area contributed by atoms with Crippen LogP contribution in [0.4, 0.5) is 5.69 Å². The van der Waals surface area contributed by atoms with Gasteiger partial charge in [-0.15, -0.1) is 0 Å². The van der Waals surface area contributed by atoms with Crippen molar-refractivity contribution in [3.8, 4) is 11.5 Å². The molecule has 0 saturated carbocycles. The number of halogens is 1. The smallest absolute Gasteiger partial charge is 0.341 e. The van der Waals surface area contributed by atoms with Crippen molar-refractivity contribution in [1.82, 2.24) is 0 Å². The summed E-state index contributed by atoms with van der Waals surface area (Å²) in [5.41, 5.74) is 5.57. The van der Waals surface area contributed by atoms with Crippen molar-refractivity contribution in [2.45, 2.75) is 0 Å². The lowest BCUT2D eigenvalue weighted by Gasteiger charge is -2.21. The summed E-state index contributed by atoms with van der Waals surface area (Å²) in [6, 6.07) is 1.46. The van der Waals surface area contributed by atoms with Crippen LogP contribution in [0.3, 0.4) is 0 Å². The lowest BCUT2D eigenvalue weighted by Crippen LogP contribution is -2.18. The van der Waals surface area contributed by atoms with Crippen molar-refractivity contribution in [1.29, 1.82) is 0 Å². The maximum absolute atomic E-state index is 11.0. The second-order valence-electron chi connectivity index (χ2n) is 2.98. The Bertz CT molecular complexity index is 433. The number of nitrogens with two attached hydrogens (primary N) is 1. The van der Waals surface area contributed by atoms with E-state index in [4.69, 9.17) is 31.9 Å². The van der Waals surface area contributed by atoms with E-state index in [0.29, 0.717) is 19.0 Å². The van der Waals surface area contributed by atoms with Crippen molar-refractivity contribution in [2.24, 2.45) is 0 Å². The molecule has 5 nitrogen and oxygen atoms in total. The zero-order valence-corrected chi connectivity index (χ0v) is 8.37. The summed E-state index contributed by atoms with van der Waals surface area (Å²) in [6.07, 6.45) is 0. The summed E-state index contributed by atoms with van der Waals surface area (Å²) in [5.74, 6) is -0.720. The monoisotopic (exact) mass is 229 g/mol. The molecule has 0 aliphatic carbocycles. The number of fused-ring (bicyclic) bond motifs is 1. The SMILES string of the molecule is Nc1cc2c(c(C(=O)O)c1Cl)OCCO2. The van der Waals surface area contributed by atoms with Crippen LogP contribution in [0, 0.1) is 0 Å². The number of carboxylic acid groups (broad SMARTS) is 1. The van der Waals surface area contributed by atoms with E-state index in [1.54, 1.807) is 0 Å². The third-order valence-corrected chi connectivity index (χ3v) is 2.42.